The minimum Gasteiger partial charge on any atom is -0.349 e. The minimum atomic E-state index is -1.24. The summed E-state index contributed by atoms with van der Waals surface area (Å²) in [7, 11) is -1.24. The van der Waals surface area contributed by atoms with Crippen LogP contribution in [0, 0.1) is 0 Å². The molecule has 0 spiro atoms. The van der Waals surface area contributed by atoms with Gasteiger partial charge in [0.25, 0.3) is 5.91 Å². The number of nitrogens with zero attached hydrogens (tertiary/aromatic N) is 3. The molecule has 0 aliphatic heterocycles. The number of hydrogen-bond donors (Lipinski definition) is 1. The van der Waals surface area contributed by atoms with Gasteiger partial charge in [0.15, 0.2) is 10.7 Å². The van der Waals surface area contributed by atoms with Gasteiger partial charge in [0.1, 0.15) is 0 Å². The van der Waals surface area contributed by atoms with Gasteiger partial charge in [0.2, 0.25) is 0 Å². The van der Waals surface area contributed by atoms with E-state index in [1.54, 1.807) is 6.20 Å². The fourth-order valence-electron chi connectivity index (χ4n) is 3.65. The molecule has 1 fully saturated rings. The van der Waals surface area contributed by atoms with Crippen LogP contribution in [-0.2, 0) is 10.8 Å². The van der Waals surface area contributed by atoms with E-state index in [2.05, 4.69) is 10.3 Å². The second kappa shape index (κ2) is 8.67. The summed E-state index contributed by atoms with van der Waals surface area (Å²) in [5, 5.41) is 3.51. The number of carbonyl (C=O) groups excluding carboxylic acids is 1. The van der Waals surface area contributed by atoms with E-state index in [0.717, 1.165) is 41.8 Å². The van der Waals surface area contributed by atoms with E-state index in [4.69, 9.17) is 4.98 Å². The van der Waals surface area contributed by atoms with Crippen molar-refractivity contribution in [2.24, 2.45) is 0 Å². The molecule has 1 unspecified atom stereocenters. The topological polar surface area (TPSA) is 76.4 Å². The van der Waals surface area contributed by atoms with Crippen molar-refractivity contribution in [3.05, 3.63) is 72.6 Å². The van der Waals surface area contributed by atoms with E-state index in [1.807, 2.05) is 72.1 Å². The van der Waals surface area contributed by atoms with Crippen LogP contribution in [0.3, 0.4) is 0 Å². The number of nitrogens with one attached hydrogen (secondary N) is 1. The molecule has 1 atom stereocenters. The zero-order valence-corrected chi connectivity index (χ0v) is 18.6. The van der Waals surface area contributed by atoms with Crippen molar-refractivity contribution in [1.29, 1.82) is 0 Å². The van der Waals surface area contributed by atoms with Crippen LogP contribution in [0.1, 0.15) is 36.5 Å². The Bertz CT molecular complexity index is 1300. The summed E-state index contributed by atoms with van der Waals surface area (Å²) in [4.78, 5) is 21.6. The van der Waals surface area contributed by atoms with Crippen LogP contribution in [0.4, 0.5) is 0 Å². The van der Waals surface area contributed by atoms with E-state index in [0.29, 0.717) is 28.0 Å². The highest BCUT2D eigenvalue weighted by Gasteiger charge is 2.24. The Balaban J connectivity index is 1.58. The average Bonchev–Trinajstić information content (AvgIpc) is 3.54. The lowest BCUT2D eigenvalue weighted by atomic mass is 10.1. The van der Waals surface area contributed by atoms with Crippen molar-refractivity contribution in [2.45, 2.75) is 37.3 Å². The molecule has 162 valence electrons. The molecule has 2 aromatic heterocycles. The van der Waals surface area contributed by atoms with Gasteiger partial charge >= 0.3 is 0 Å². The molecule has 2 aromatic carbocycles. The first-order chi connectivity index (χ1) is 15.6. The van der Waals surface area contributed by atoms with Gasteiger partial charge in [-0.25, -0.2) is 9.97 Å². The van der Waals surface area contributed by atoms with E-state index >= 15 is 0 Å². The maximum Gasteiger partial charge on any atom is 0.251 e. The summed E-state index contributed by atoms with van der Waals surface area (Å²) in [5.74, 6) is 0.499. The van der Waals surface area contributed by atoms with Crippen LogP contribution in [0.25, 0.3) is 28.2 Å². The van der Waals surface area contributed by atoms with Crippen LogP contribution in [-0.4, -0.2) is 36.3 Å². The van der Waals surface area contributed by atoms with Crippen molar-refractivity contribution in [1.82, 2.24) is 19.7 Å². The molecule has 7 heteroatoms. The molecule has 1 N–H and O–H groups in total. The Hall–Kier alpha value is -3.32. The predicted octanol–water partition coefficient (Wildman–Crippen LogP) is 4.47. The van der Waals surface area contributed by atoms with E-state index < -0.39 is 10.8 Å². The van der Waals surface area contributed by atoms with Crippen molar-refractivity contribution in [3.8, 4) is 22.5 Å². The number of hydrogen-bond acceptors (Lipinski definition) is 4. The summed E-state index contributed by atoms with van der Waals surface area (Å²) < 4.78 is 14.9. The Kier molecular flexibility index (Phi) is 5.57. The second-order valence-electron chi connectivity index (χ2n) is 8.01. The molecule has 0 saturated heterocycles. The van der Waals surface area contributed by atoms with Crippen LogP contribution in [0.15, 0.2) is 72.0 Å². The molecule has 0 bridgehead atoms. The summed E-state index contributed by atoms with van der Waals surface area (Å²) in [5.41, 5.74) is 4.74. The predicted molar refractivity (Wildman–Crippen MR) is 126 cm³/mol. The molecule has 0 radical (unpaired) electrons. The van der Waals surface area contributed by atoms with Gasteiger partial charge in [0, 0.05) is 34.7 Å². The van der Waals surface area contributed by atoms with Crippen molar-refractivity contribution in [3.63, 3.8) is 0 Å². The highest BCUT2D eigenvalue weighted by Crippen LogP contribution is 2.27. The smallest absolute Gasteiger partial charge is 0.251 e. The van der Waals surface area contributed by atoms with Crippen molar-refractivity contribution < 1.29 is 9.00 Å². The first-order valence-electron chi connectivity index (χ1n) is 10.9. The molecule has 1 amide bonds. The Labute approximate surface area is 189 Å². The fourth-order valence-corrected chi connectivity index (χ4v) is 4.76. The molecule has 1 saturated carbocycles. The number of imidazole rings is 1. The lowest BCUT2D eigenvalue weighted by molar-refractivity contribution is 0.0951. The number of rotatable bonds is 7. The third-order valence-corrected chi connectivity index (χ3v) is 6.98. The maximum absolute atomic E-state index is 13.0. The molecular formula is C25H24N4O2S. The molecule has 2 heterocycles. The summed E-state index contributed by atoms with van der Waals surface area (Å²) in [6, 6.07) is 17.7. The zero-order chi connectivity index (χ0) is 22.1. The first kappa shape index (κ1) is 20.6. The number of aromatic nitrogens is 3. The standard InChI is InChI=1S/C25H24N4O2S/c1-2-14-32(31)25-23-26-15-22(29(23)16-21(28-25)17-6-4-3-5-7-17)18-8-10-19(11-9-18)24(30)27-20-12-13-20/h3-11,15-16,20H,2,12-14H2,1H3,(H,27,30). The van der Waals surface area contributed by atoms with Gasteiger partial charge in [-0.15, -0.1) is 0 Å². The molecule has 1 aliphatic rings. The van der Waals surface area contributed by atoms with Crippen LogP contribution in [0.2, 0.25) is 0 Å². The zero-order valence-electron chi connectivity index (χ0n) is 17.8. The third-order valence-electron chi connectivity index (χ3n) is 5.49. The normalized spacial score (nSPS) is 14.4. The molecule has 1 aliphatic carbocycles. The largest absolute Gasteiger partial charge is 0.349 e. The SMILES string of the molecule is CCCS(=O)c1nc(-c2ccccc2)cn2c(-c3ccc(C(=O)NC4CC4)cc3)cnc12. The van der Waals surface area contributed by atoms with Crippen molar-refractivity contribution >= 4 is 22.4 Å². The van der Waals surface area contributed by atoms with Crippen LogP contribution in [0.5, 0.6) is 0 Å². The number of fused-ring (bicyclic) bond motifs is 1. The number of carbonyl (C=O) groups is 1. The minimum absolute atomic E-state index is 0.0370. The van der Waals surface area contributed by atoms with Crippen molar-refractivity contribution in [2.75, 3.05) is 5.75 Å². The molecule has 4 aromatic rings. The monoisotopic (exact) mass is 444 g/mol. The summed E-state index contributed by atoms with van der Waals surface area (Å²) in [6.45, 7) is 2.01. The number of benzene rings is 2. The maximum atomic E-state index is 13.0. The van der Waals surface area contributed by atoms with Gasteiger partial charge < -0.3 is 5.32 Å². The Morgan fingerprint density at radius 1 is 1.09 bits per heavy atom. The second-order valence-corrected chi connectivity index (χ2v) is 9.50. The van der Waals surface area contributed by atoms with Gasteiger partial charge in [-0.3, -0.25) is 13.4 Å². The number of amides is 1. The highest BCUT2D eigenvalue weighted by atomic mass is 32.2. The first-order valence-corrected chi connectivity index (χ1v) is 12.2. The molecule has 6 nitrogen and oxygen atoms in total. The molecular weight excluding hydrogens is 420 g/mol. The van der Waals surface area contributed by atoms with Gasteiger partial charge in [-0.1, -0.05) is 49.4 Å². The average molecular weight is 445 g/mol. The highest BCUT2D eigenvalue weighted by molar-refractivity contribution is 7.85. The molecule has 5 rings (SSSR count). The fraction of sp³-hybridized carbons (Fsp3) is 0.240. The van der Waals surface area contributed by atoms with E-state index in [-0.39, 0.29) is 5.91 Å². The lowest BCUT2D eigenvalue weighted by Gasteiger charge is -2.10. The van der Waals surface area contributed by atoms with Crippen LogP contribution >= 0.6 is 0 Å². The van der Waals surface area contributed by atoms with E-state index in [9.17, 15) is 9.00 Å². The Morgan fingerprint density at radius 2 is 1.84 bits per heavy atom. The van der Waals surface area contributed by atoms with Crippen LogP contribution < -0.4 is 5.32 Å². The van der Waals surface area contributed by atoms with Gasteiger partial charge in [-0.05, 0) is 31.4 Å². The summed E-state index contributed by atoms with van der Waals surface area (Å²) in [6.07, 6.45) is 6.63. The quantitative estimate of drug-likeness (QED) is 0.456. The lowest BCUT2D eigenvalue weighted by Crippen LogP contribution is -2.25. The summed E-state index contributed by atoms with van der Waals surface area (Å²) >= 11 is 0. The van der Waals surface area contributed by atoms with Gasteiger partial charge in [0.05, 0.1) is 28.4 Å². The van der Waals surface area contributed by atoms with E-state index in [1.165, 1.54) is 0 Å². The third kappa shape index (κ3) is 4.08. The van der Waals surface area contributed by atoms with Gasteiger partial charge in [-0.2, -0.15) is 0 Å². The Morgan fingerprint density at radius 3 is 2.53 bits per heavy atom. The molecule has 32 heavy (non-hydrogen) atoms.